The van der Waals surface area contributed by atoms with Crippen molar-refractivity contribution < 1.29 is 35.8 Å². The van der Waals surface area contributed by atoms with Crippen LogP contribution in [-0.2, 0) is 12.4 Å². The van der Waals surface area contributed by atoms with Gasteiger partial charge in [-0.05, 0) is 36.8 Å². The molecular weight excluding hydrogens is 440 g/mol. The van der Waals surface area contributed by atoms with Gasteiger partial charge in [0.15, 0.2) is 23.0 Å². The quantitative estimate of drug-likeness (QED) is 0.523. The minimum atomic E-state index is -4.56. The van der Waals surface area contributed by atoms with E-state index in [1.54, 1.807) is 4.90 Å². The fourth-order valence-electron chi connectivity index (χ4n) is 3.42. The predicted molar refractivity (Wildman–Crippen MR) is 105 cm³/mol. The van der Waals surface area contributed by atoms with Crippen molar-refractivity contribution in [1.29, 1.82) is 0 Å². The molecule has 5 nitrogen and oxygen atoms in total. The summed E-state index contributed by atoms with van der Waals surface area (Å²) in [6.45, 7) is 4.87. The molecule has 1 fully saturated rings. The van der Waals surface area contributed by atoms with Crippen molar-refractivity contribution in [3.63, 3.8) is 0 Å². The third-order valence-electron chi connectivity index (χ3n) is 5.10. The number of hydrogen-bond acceptors (Lipinski definition) is 5. The smallest absolute Gasteiger partial charge is 0.435 e. The zero-order valence-electron chi connectivity index (χ0n) is 17.5. The number of aromatic nitrogens is 2. The molecule has 3 rings (SSSR count). The van der Waals surface area contributed by atoms with Crippen molar-refractivity contribution in [1.82, 2.24) is 10.2 Å². The van der Waals surface area contributed by atoms with Crippen LogP contribution in [0, 0.1) is 5.92 Å². The molecule has 0 saturated carbocycles. The molecule has 2 aromatic rings. The third-order valence-corrected chi connectivity index (χ3v) is 5.10. The average Bonchev–Trinajstić information content (AvgIpc) is 2.73. The van der Waals surface area contributed by atoms with E-state index in [9.17, 15) is 26.3 Å². The van der Waals surface area contributed by atoms with Gasteiger partial charge >= 0.3 is 12.4 Å². The number of ether oxygens (including phenoxy) is 2. The van der Waals surface area contributed by atoms with Gasteiger partial charge in [0.2, 0.25) is 0 Å². The third kappa shape index (κ3) is 5.74. The highest BCUT2D eigenvalue weighted by Gasteiger charge is 2.35. The van der Waals surface area contributed by atoms with Crippen LogP contribution in [0.15, 0.2) is 30.3 Å². The molecule has 1 saturated heterocycles. The van der Waals surface area contributed by atoms with Crippen molar-refractivity contribution in [3.05, 3.63) is 41.6 Å². The molecule has 0 bridgehead atoms. The summed E-state index contributed by atoms with van der Waals surface area (Å²) >= 11 is 0. The Morgan fingerprint density at radius 1 is 1.00 bits per heavy atom. The van der Waals surface area contributed by atoms with Crippen molar-refractivity contribution in [2.24, 2.45) is 5.92 Å². The first kappa shape index (κ1) is 23.9. The fourth-order valence-corrected chi connectivity index (χ4v) is 3.42. The van der Waals surface area contributed by atoms with Crippen LogP contribution in [-0.4, -0.2) is 36.0 Å². The normalized spacial score (nSPS) is 19.7. The lowest BCUT2D eigenvalue weighted by Gasteiger charge is -2.37. The lowest BCUT2D eigenvalue weighted by Crippen LogP contribution is -2.45. The van der Waals surface area contributed by atoms with E-state index in [4.69, 9.17) is 9.47 Å². The molecule has 2 heterocycles. The lowest BCUT2D eigenvalue weighted by atomic mass is 9.96. The highest BCUT2D eigenvalue weighted by Crippen LogP contribution is 2.38. The largest absolute Gasteiger partial charge is 0.490 e. The van der Waals surface area contributed by atoms with Gasteiger partial charge in [-0.3, -0.25) is 0 Å². The molecule has 0 N–H and O–H groups in total. The second-order valence-electron chi connectivity index (χ2n) is 7.65. The van der Waals surface area contributed by atoms with Gasteiger partial charge in [0, 0.05) is 25.4 Å². The number of rotatable bonds is 6. The van der Waals surface area contributed by atoms with Gasteiger partial charge in [-0.1, -0.05) is 13.8 Å². The van der Waals surface area contributed by atoms with Gasteiger partial charge in [-0.25, -0.2) is 0 Å². The number of hydrogen-bond donors (Lipinski definition) is 0. The molecule has 1 aliphatic heterocycles. The second-order valence-corrected chi connectivity index (χ2v) is 7.65. The molecule has 11 heteroatoms. The lowest BCUT2D eigenvalue weighted by molar-refractivity contribution is -0.141. The van der Waals surface area contributed by atoms with E-state index in [1.807, 2.05) is 13.8 Å². The maximum absolute atomic E-state index is 13.1. The van der Waals surface area contributed by atoms with Gasteiger partial charge in [0.25, 0.3) is 0 Å². The molecule has 176 valence electrons. The van der Waals surface area contributed by atoms with E-state index in [0.717, 1.165) is 18.2 Å². The molecule has 2 atom stereocenters. The van der Waals surface area contributed by atoms with Crippen molar-refractivity contribution in [3.8, 4) is 11.5 Å². The van der Waals surface area contributed by atoms with Crippen molar-refractivity contribution in [2.75, 3.05) is 24.6 Å². The van der Waals surface area contributed by atoms with E-state index in [-0.39, 0.29) is 30.1 Å². The first-order valence-electron chi connectivity index (χ1n) is 10.2. The molecule has 0 unspecified atom stereocenters. The molecule has 0 spiro atoms. The van der Waals surface area contributed by atoms with Crippen molar-refractivity contribution >= 4 is 5.82 Å². The van der Waals surface area contributed by atoms with E-state index >= 15 is 0 Å². The Kier molecular flexibility index (Phi) is 7.04. The summed E-state index contributed by atoms with van der Waals surface area (Å²) in [5.74, 6) is 0.509. The molecule has 32 heavy (non-hydrogen) atoms. The number of nitrogens with zero attached hydrogens (tertiary/aromatic N) is 3. The maximum atomic E-state index is 13.1. The van der Waals surface area contributed by atoms with Gasteiger partial charge in [-0.15, -0.1) is 10.2 Å². The highest BCUT2D eigenvalue weighted by atomic mass is 19.4. The van der Waals surface area contributed by atoms with Crippen LogP contribution in [0.5, 0.6) is 11.5 Å². The van der Waals surface area contributed by atoms with Gasteiger partial charge in [0.05, 0.1) is 12.2 Å². The minimum Gasteiger partial charge on any atom is -0.490 e. The topological polar surface area (TPSA) is 47.5 Å². The summed E-state index contributed by atoms with van der Waals surface area (Å²) < 4.78 is 88.7. The van der Waals surface area contributed by atoms with E-state index < -0.39 is 23.6 Å². The van der Waals surface area contributed by atoms with Crippen LogP contribution in [0.4, 0.5) is 32.2 Å². The molecular formula is C21H23F6N3O2. The van der Waals surface area contributed by atoms with E-state index in [1.165, 1.54) is 12.1 Å². The van der Waals surface area contributed by atoms with Crippen LogP contribution >= 0.6 is 0 Å². The number of halogens is 6. The first-order chi connectivity index (χ1) is 15.0. The summed E-state index contributed by atoms with van der Waals surface area (Å²) in [5, 5.41) is 6.93. The summed E-state index contributed by atoms with van der Waals surface area (Å²) in [6.07, 6.45) is -8.24. The Balaban J connectivity index is 1.69. The summed E-state index contributed by atoms with van der Waals surface area (Å²) in [6, 6.07) is 5.30. The summed E-state index contributed by atoms with van der Waals surface area (Å²) in [7, 11) is 0. The number of anilines is 1. The Bertz CT molecular complexity index is 902. The van der Waals surface area contributed by atoms with Gasteiger partial charge in [0.1, 0.15) is 6.10 Å². The van der Waals surface area contributed by atoms with Crippen molar-refractivity contribution in [2.45, 2.75) is 45.1 Å². The van der Waals surface area contributed by atoms with Crippen LogP contribution in [0.25, 0.3) is 0 Å². The fraction of sp³-hybridized carbons (Fsp3) is 0.524. The molecule has 1 aliphatic rings. The zero-order chi connectivity index (χ0) is 23.5. The SMILES string of the molecule is CCCOc1cc(C(F)(F)F)ccc1O[C@@H]1CCN(c2ccc(C(F)(F)F)nn2)C[C@H]1C. The molecule has 1 aromatic carbocycles. The number of benzene rings is 1. The molecule has 0 aliphatic carbocycles. The van der Waals surface area contributed by atoms with Crippen LogP contribution < -0.4 is 14.4 Å². The van der Waals surface area contributed by atoms with E-state index in [0.29, 0.717) is 31.7 Å². The Morgan fingerprint density at radius 2 is 1.75 bits per heavy atom. The first-order valence-corrected chi connectivity index (χ1v) is 10.2. The molecule has 1 aromatic heterocycles. The summed E-state index contributed by atoms with van der Waals surface area (Å²) in [4.78, 5) is 1.80. The Labute approximate surface area is 181 Å². The van der Waals surface area contributed by atoms with Crippen LogP contribution in [0.1, 0.15) is 37.9 Å². The second kappa shape index (κ2) is 9.41. The monoisotopic (exact) mass is 463 g/mol. The summed E-state index contributed by atoms with van der Waals surface area (Å²) in [5.41, 5.74) is -1.88. The van der Waals surface area contributed by atoms with E-state index in [2.05, 4.69) is 10.2 Å². The standard InChI is InChI=1S/C21H23F6N3O2/c1-3-10-31-17-11-14(20(22,23)24)4-5-16(17)32-15-8-9-30(12-13(15)2)19-7-6-18(28-29-19)21(25,26)27/h4-7,11,13,15H,3,8-10,12H2,1-2H3/t13-,15-/m1/s1. The minimum absolute atomic E-state index is 0.0323. The average molecular weight is 463 g/mol. The number of alkyl halides is 6. The number of piperidine rings is 1. The zero-order valence-corrected chi connectivity index (χ0v) is 17.5. The predicted octanol–water partition coefficient (Wildman–Crippen LogP) is 5.60. The molecule has 0 amide bonds. The Morgan fingerprint density at radius 3 is 2.31 bits per heavy atom. The Hall–Kier alpha value is -2.72. The molecule has 0 radical (unpaired) electrons. The van der Waals surface area contributed by atoms with Crippen LogP contribution in [0.3, 0.4) is 0 Å². The van der Waals surface area contributed by atoms with Crippen LogP contribution in [0.2, 0.25) is 0 Å². The van der Waals surface area contributed by atoms with Gasteiger partial charge < -0.3 is 14.4 Å². The highest BCUT2D eigenvalue weighted by molar-refractivity contribution is 5.44. The maximum Gasteiger partial charge on any atom is 0.435 e. The van der Waals surface area contributed by atoms with Gasteiger partial charge in [-0.2, -0.15) is 26.3 Å².